The van der Waals surface area contributed by atoms with Crippen LogP contribution in [-0.2, 0) is 6.54 Å². The summed E-state index contributed by atoms with van der Waals surface area (Å²) in [7, 11) is 0. The molecule has 0 fully saturated rings. The third-order valence-electron chi connectivity index (χ3n) is 4.10. The number of nitrogens with one attached hydrogen (secondary N) is 1. The summed E-state index contributed by atoms with van der Waals surface area (Å²) in [6, 6.07) is 10.5. The Bertz CT molecular complexity index is 369. The number of hydrogen-bond acceptors (Lipinski definition) is 3. The minimum absolute atomic E-state index is 0.217. The smallest absolute Gasteiger partial charge is 0.0558 e. The Kier molecular flexibility index (Phi) is 8.58. The summed E-state index contributed by atoms with van der Waals surface area (Å²) in [5.74, 6) is 0. The molecule has 0 aromatic heterocycles. The number of nitrogens with zero attached hydrogens (tertiary/aromatic N) is 1. The normalized spacial score (nSPS) is 14.3. The molecule has 1 unspecified atom stereocenters. The summed E-state index contributed by atoms with van der Waals surface area (Å²) in [6.07, 6.45) is 2.31. The van der Waals surface area contributed by atoms with Gasteiger partial charge in [0.15, 0.2) is 0 Å². The highest BCUT2D eigenvalue weighted by Gasteiger charge is 2.24. The van der Waals surface area contributed by atoms with Crippen LogP contribution in [-0.4, -0.2) is 42.8 Å². The fourth-order valence-electron chi connectivity index (χ4n) is 2.60. The molecule has 0 aliphatic rings. The second-order valence-electron chi connectivity index (χ2n) is 6.26. The van der Waals surface area contributed by atoms with Gasteiger partial charge >= 0.3 is 0 Å². The van der Waals surface area contributed by atoms with Crippen molar-refractivity contribution in [1.82, 2.24) is 10.2 Å². The van der Waals surface area contributed by atoms with E-state index in [1.807, 2.05) is 6.07 Å². The molecule has 0 heterocycles. The molecule has 0 radical (unpaired) electrons. The molecule has 120 valence electrons. The molecule has 0 aliphatic carbocycles. The van der Waals surface area contributed by atoms with E-state index >= 15 is 0 Å². The zero-order chi connectivity index (χ0) is 15.6. The monoisotopic (exact) mass is 292 g/mol. The van der Waals surface area contributed by atoms with Gasteiger partial charge in [0.05, 0.1) is 6.61 Å². The van der Waals surface area contributed by atoms with Crippen LogP contribution in [0.25, 0.3) is 0 Å². The zero-order valence-electron chi connectivity index (χ0n) is 13.9. The van der Waals surface area contributed by atoms with Crippen LogP contribution in [0.1, 0.15) is 39.2 Å². The molecule has 0 amide bonds. The molecule has 21 heavy (non-hydrogen) atoms. The average Bonchev–Trinajstić information content (AvgIpc) is 2.49. The predicted octanol–water partition coefficient (Wildman–Crippen LogP) is 2.90. The Balaban J connectivity index is 2.61. The van der Waals surface area contributed by atoms with Crippen LogP contribution in [0.4, 0.5) is 0 Å². The summed E-state index contributed by atoms with van der Waals surface area (Å²) in [6.45, 7) is 11.8. The number of aliphatic hydroxyl groups is 1. The van der Waals surface area contributed by atoms with Gasteiger partial charge in [0.25, 0.3) is 0 Å². The van der Waals surface area contributed by atoms with E-state index in [0.29, 0.717) is 0 Å². The molecular weight excluding hydrogens is 260 g/mol. The predicted molar refractivity (Wildman–Crippen MR) is 90.4 cm³/mol. The van der Waals surface area contributed by atoms with E-state index in [2.05, 4.69) is 55.3 Å². The van der Waals surface area contributed by atoms with Gasteiger partial charge in [0.1, 0.15) is 0 Å². The second-order valence-corrected chi connectivity index (χ2v) is 6.26. The SMILES string of the molecule is CCCNCC(C)(CC)CN(CCO)Cc1ccccc1. The fraction of sp³-hybridized carbons (Fsp3) is 0.667. The van der Waals surface area contributed by atoms with Crippen LogP contribution in [0.15, 0.2) is 30.3 Å². The van der Waals surface area contributed by atoms with Crippen molar-refractivity contribution in [3.63, 3.8) is 0 Å². The molecule has 1 atom stereocenters. The molecule has 0 aliphatic heterocycles. The molecule has 2 N–H and O–H groups in total. The Hall–Kier alpha value is -0.900. The summed E-state index contributed by atoms with van der Waals surface area (Å²) in [5.41, 5.74) is 1.56. The van der Waals surface area contributed by atoms with Crippen molar-refractivity contribution in [3.05, 3.63) is 35.9 Å². The lowest BCUT2D eigenvalue weighted by molar-refractivity contribution is 0.123. The first-order chi connectivity index (χ1) is 10.1. The number of hydrogen-bond donors (Lipinski definition) is 2. The second kappa shape index (κ2) is 9.93. The molecule has 0 bridgehead atoms. The lowest BCUT2D eigenvalue weighted by atomic mass is 9.86. The molecule has 1 aromatic rings. The van der Waals surface area contributed by atoms with Gasteiger partial charge in [-0.25, -0.2) is 0 Å². The lowest BCUT2D eigenvalue weighted by Gasteiger charge is -2.35. The lowest BCUT2D eigenvalue weighted by Crippen LogP contribution is -2.43. The van der Waals surface area contributed by atoms with Gasteiger partial charge in [-0.3, -0.25) is 4.90 Å². The van der Waals surface area contributed by atoms with Gasteiger partial charge in [0.2, 0.25) is 0 Å². The molecule has 1 aromatic carbocycles. The maximum atomic E-state index is 9.34. The molecular formula is C18H32N2O. The summed E-state index contributed by atoms with van der Waals surface area (Å²) in [5, 5.41) is 12.9. The standard InChI is InChI=1S/C18H32N2O/c1-4-11-19-15-18(3,5-2)16-20(12-13-21)14-17-9-7-6-8-10-17/h6-10,19,21H,4-5,11-16H2,1-3H3. The van der Waals surface area contributed by atoms with Crippen LogP contribution >= 0.6 is 0 Å². The molecule has 3 nitrogen and oxygen atoms in total. The van der Waals surface area contributed by atoms with E-state index in [9.17, 15) is 5.11 Å². The van der Waals surface area contributed by atoms with E-state index in [4.69, 9.17) is 0 Å². The van der Waals surface area contributed by atoms with E-state index < -0.39 is 0 Å². The van der Waals surface area contributed by atoms with Crippen molar-refractivity contribution in [2.75, 3.05) is 32.8 Å². The Morgan fingerprint density at radius 1 is 1.19 bits per heavy atom. The van der Waals surface area contributed by atoms with E-state index in [0.717, 1.165) is 39.1 Å². The number of aliphatic hydroxyl groups excluding tert-OH is 1. The Morgan fingerprint density at radius 2 is 1.90 bits per heavy atom. The minimum atomic E-state index is 0.217. The highest BCUT2D eigenvalue weighted by atomic mass is 16.3. The van der Waals surface area contributed by atoms with Crippen LogP contribution in [0.3, 0.4) is 0 Å². The van der Waals surface area contributed by atoms with Gasteiger partial charge in [-0.15, -0.1) is 0 Å². The first kappa shape index (κ1) is 18.1. The van der Waals surface area contributed by atoms with Crippen LogP contribution in [0, 0.1) is 5.41 Å². The van der Waals surface area contributed by atoms with Crippen molar-refractivity contribution in [2.45, 2.75) is 40.2 Å². The Labute approximate surface area is 130 Å². The molecule has 0 saturated carbocycles. The van der Waals surface area contributed by atoms with Crippen molar-refractivity contribution < 1.29 is 5.11 Å². The zero-order valence-corrected chi connectivity index (χ0v) is 13.9. The summed E-state index contributed by atoms with van der Waals surface area (Å²) >= 11 is 0. The quantitative estimate of drug-likeness (QED) is 0.616. The van der Waals surface area contributed by atoms with Gasteiger partial charge < -0.3 is 10.4 Å². The largest absolute Gasteiger partial charge is 0.395 e. The molecule has 3 heteroatoms. The highest BCUT2D eigenvalue weighted by Crippen LogP contribution is 2.22. The van der Waals surface area contributed by atoms with E-state index in [1.54, 1.807) is 0 Å². The number of benzene rings is 1. The molecule has 0 saturated heterocycles. The third kappa shape index (κ3) is 7.07. The van der Waals surface area contributed by atoms with Gasteiger partial charge in [-0.1, -0.05) is 51.1 Å². The third-order valence-corrected chi connectivity index (χ3v) is 4.10. The molecule has 0 spiro atoms. The topological polar surface area (TPSA) is 35.5 Å². The maximum Gasteiger partial charge on any atom is 0.0558 e. The highest BCUT2D eigenvalue weighted by molar-refractivity contribution is 5.14. The van der Waals surface area contributed by atoms with Gasteiger partial charge in [-0.2, -0.15) is 0 Å². The van der Waals surface area contributed by atoms with Crippen molar-refractivity contribution >= 4 is 0 Å². The average molecular weight is 292 g/mol. The van der Waals surface area contributed by atoms with Crippen molar-refractivity contribution in [1.29, 1.82) is 0 Å². The summed E-state index contributed by atoms with van der Waals surface area (Å²) < 4.78 is 0. The summed E-state index contributed by atoms with van der Waals surface area (Å²) in [4.78, 5) is 2.37. The van der Waals surface area contributed by atoms with Gasteiger partial charge in [0, 0.05) is 26.2 Å². The van der Waals surface area contributed by atoms with Crippen LogP contribution < -0.4 is 5.32 Å². The van der Waals surface area contributed by atoms with Crippen molar-refractivity contribution in [2.24, 2.45) is 5.41 Å². The first-order valence-electron chi connectivity index (χ1n) is 8.21. The maximum absolute atomic E-state index is 9.34. The van der Waals surface area contributed by atoms with E-state index in [1.165, 1.54) is 12.0 Å². The Morgan fingerprint density at radius 3 is 2.48 bits per heavy atom. The van der Waals surface area contributed by atoms with Crippen molar-refractivity contribution in [3.8, 4) is 0 Å². The van der Waals surface area contributed by atoms with Gasteiger partial charge in [-0.05, 0) is 30.4 Å². The van der Waals surface area contributed by atoms with Crippen LogP contribution in [0.5, 0.6) is 0 Å². The minimum Gasteiger partial charge on any atom is -0.395 e. The van der Waals surface area contributed by atoms with E-state index in [-0.39, 0.29) is 12.0 Å². The number of rotatable bonds is 11. The molecule has 1 rings (SSSR count). The first-order valence-corrected chi connectivity index (χ1v) is 8.21. The fourth-order valence-corrected chi connectivity index (χ4v) is 2.60. The van der Waals surface area contributed by atoms with Crippen LogP contribution in [0.2, 0.25) is 0 Å².